The third-order valence-electron chi connectivity index (χ3n) is 2.98. The average molecular weight is 237 g/mol. The minimum absolute atomic E-state index is 0.432. The molecule has 0 amide bonds. The maximum absolute atomic E-state index is 3.62. The first-order valence-corrected chi connectivity index (χ1v) is 7.26. The highest BCUT2D eigenvalue weighted by molar-refractivity contribution is 7.98. The van der Waals surface area contributed by atoms with Crippen molar-refractivity contribution in [3.05, 3.63) is 34.9 Å². The van der Waals surface area contributed by atoms with E-state index in [0.29, 0.717) is 12.1 Å². The summed E-state index contributed by atoms with van der Waals surface area (Å²) in [6.45, 7) is 8.82. The molecule has 2 atom stereocenters. The first-order valence-electron chi connectivity index (χ1n) is 5.86. The molecular weight excluding hydrogens is 214 g/mol. The third kappa shape index (κ3) is 3.84. The van der Waals surface area contributed by atoms with Gasteiger partial charge in [-0.2, -0.15) is 11.8 Å². The molecule has 0 aliphatic heterocycles. The van der Waals surface area contributed by atoms with Gasteiger partial charge < -0.3 is 5.32 Å². The van der Waals surface area contributed by atoms with Crippen molar-refractivity contribution in [3.63, 3.8) is 0 Å². The Morgan fingerprint density at radius 2 is 1.88 bits per heavy atom. The third-order valence-corrected chi connectivity index (χ3v) is 3.82. The molecular formula is C14H23NS. The van der Waals surface area contributed by atoms with Crippen LogP contribution in [0.5, 0.6) is 0 Å². The molecule has 0 bridgehead atoms. The summed E-state index contributed by atoms with van der Waals surface area (Å²) in [5.41, 5.74) is 4.13. The van der Waals surface area contributed by atoms with Crippen molar-refractivity contribution in [1.29, 1.82) is 0 Å². The van der Waals surface area contributed by atoms with Gasteiger partial charge in [-0.3, -0.25) is 0 Å². The monoisotopic (exact) mass is 237 g/mol. The van der Waals surface area contributed by atoms with Gasteiger partial charge in [-0.15, -0.1) is 0 Å². The molecule has 0 heterocycles. The first-order chi connectivity index (χ1) is 7.54. The van der Waals surface area contributed by atoms with Crippen LogP contribution in [0.25, 0.3) is 0 Å². The second-order valence-electron chi connectivity index (χ2n) is 4.59. The summed E-state index contributed by atoms with van der Waals surface area (Å²) in [5, 5.41) is 3.62. The fraction of sp³-hybridized carbons (Fsp3) is 0.571. The van der Waals surface area contributed by atoms with Crippen molar-refractivity contribution < 1.29 is 0 Å². The van der Waals surface area contributed by atoms with Crippen molar-refractivity contribution in [1.82, 2.24) is 5.32 Å². The van der Waals surface area contributed by atoms with Gasteiger partial charge in [-0.1, -0.05) is 18.2 Å². The van der Waals surface area contributed by atoms with Gasteiger partial charge in [0.25, 0.3) is 0 Å². The molecule has 2 unspecified atom stereocenters. The number of nitrogens with one attached hydrogen (secondary N) is 1. The van der Waals surface area contributed by atoms with Crippen molar-refractivity contribution >= 4 is 11.8 Å². The number of hydrogen-bond acceptors (Lipinski definition) is 2. The van der Waals surface area contributed by atoms with Gasteiger partial charge in [-0.25, -0.2) is 0 Å². The van der Waals surface area contributed by atoms with Crippen molar-refractivity contribution in [2.24, 2.45) is 0 Å². The molecule has 16 heavy (non-hydrogen) atoms. The highest BCUT2D eigenvalue weighted by Crippen LogP contribution is 2.17. The second-order valence-corrected chi connectivity index (χ2v) is 5.50. The Bertz CT molecular complexity index is 336. The van der Waals surface area contributed by atoms with Crippen LogP contribution < -0.4 is 5.32 Å². The summed E-state index contributed by atoms with van der Waals surface area (Å²) in [4.78, 5) is 0. The molecule has 0 spiro atoms. The van der Waals surface area contributed by atoms with Crippen LogP contribution in [0.4, 0.5) is 0 Å². The Labute approximate surface area is 104 Å². The van der Waals surface area contributed by atoms with Crippen molar-refractivity contribution in [3.8, 4) is 0 Å². The minimum Gasteiger partial charge on any atom is -0.307 e. The lowest BCUT2D eigenvalue weighted by molar-refractivity contribution is 0.511. The van der Waals surface area contributed by atoms with E-state index in [0.717, 1.165) is 5.75 Å². The summed E-state index contributed by atoms with van der Waals surface area (Å²) >= 11 is 1.89. The van der Waals surface area contributed by atoms with E-state index >= 15 is 0 Å². The zero-order valence-electron chi connectivity index (χ0n) is 11.0. The Hall–Kier alpha value is -0.470. The van der Waals surface area contributed by atoms with E-state index in [4.69, 9.17) is 0 Å². The molecule has 0 aromatic heterocycles. The second kappa shape index (κ2) is 6.31. The summed E-state index contributed by atoms with van der Waals surface area (Å²) < 4.78 is 0. The maximum atomic E-state index is 3.62. The van der Waals surface area contributed by atoms with Gasteiger partial charge in [0.2, 0.25) is 0 Å². The number of benzene rings is 1. The molecule has 90 valence electrons. The first kappa shape index (κ1) is 13.6. The fourth-order valence-electron chi connectivity index (χ4n) is 1.86. The molecule has 1 aromatic carbocycles. The molecule has 0 aliphatic carbocycles. The van der Waals surface area contributed by atoms with E-state index in [1.54, 1.807) is 0 Å². The van der Waals surface area contributed by atoms with Gasteiger partial charge in [0.05, 0.1) is 0 Å². The van der Waals surface area contributed by atoms with Crippen molar-refractivity contribution in [2.45, 2.75) is 39.8 Å². The van der Waals surface area contributed by atoms with Crippen LogP contribution in [-0.4, -0.2) is 18.1 Å². The minimum atomic E-state index is 0.432. The smallest absolute Gasteiger partial charge is 0.0294 e. The largest absolute Gasteiger partial charge is 0.307 e. The van der Waals surface area contributed by atoms with E-state index in [1.807, 2.05) is 11.8 Å². The maximum Gasteiger partial charge on any atom is 0.0294 e. The van der Waals surface area contributed by atoms with Gasteiger partial charge in [0.1, 0.15) is 0 Å². The highest BCUT2D eigenvalue weighted by Gasteiger charge is 2.09. The Morgan fingerprint density at radius 3 is 2.44 bits per heavy atom. The zero-order valence-corrected chi connectivity index (χ0v) is 11.8. The van der Waals surface area contributed by atoms with Gasteiger partial charge in [-0.05, 0) is 50.6 Å². The fourth-order valence-corrected chi connectivity index (χ4v) is 2.45. The van der Waals surface area contributed by atoms with Crippen LogP contribution >= 0.6 is 11.8 Å². The number of thioether (sulfide) groups is 1. The lowest BCUT2D eigenvalue weighted by Crippen LogP contribution is -2.30. The number of rotatable bonds is 5. The van der Waals surface area contributed by atoms with Gasteiger partial charge in [0, 0.05) is 17.8 Å². The standard InChI is InChI=1S/C14H23NS/c1-10-6-7-14(8-11(10)2)13(4)15-12(3)9-16-5/h6-8,12-13,15H,9H2,1-5H3. The quantitative estimate of drug-likeness (QED) is 0.838. The topological polar surface area (TPSA) is 12.0 Å². The summed E-state index contributed by atoms with van der Waals surface area (Å²) in [6, 6.07) is 7.72. The lowest BCUT2D eigenvalue weighted by Gasteiger charge is -2.20. The van der Waals surface area contributed by atoms with E-state index < -0.39 is 0 Å². The number of aryl methyl sites for hydroxylation is 2. The van der Waals surface area contributed by atoms with E-state index in [1.165, 1.54) is 16.7 Å². The Morgan fingerprint density at radius 1 is 1.19 bits per heavy atom. The van der Waals surface area contributed by atoms with Crippen LogP contribution in [0.2, 0.25) is 0 Å². The summed E-state index contributed by atoms with van der Waals surface area (Å²) in [6.07, 6.45) is 2.15. The van der Waals surface area contributed by atoms with Crippen LogP contribution in [0.1, 0.15) is 36.6 Å². The van der Waals surface area contributed by atoms with Crippen LogP contribution in [0.15, 0.2) is 18.2 Å². The molecule has 0 aliphatic rings. The van der Waals surface area contributed by atoms with E-state index in [9.17, 15) is 0 Å². The summed E-state index contributed by atoms with van der Waals surface area (Å²) in [5.74, 6) is 1.16. The number of hydrogen-bond donors (Lipinski definition) is 1. The van der Waals surface area contributed by atoms with Crippen molar-refractivity contribution in [2.75, 3.05) is 12.0 Å². The molecule has 0 saturated carbocycles. The molecule has 1 nitrogen and oxygen atoms in total. The molecule has 2 heteroatoms. The average Bonchev–Trinajstić information content (AvgIpc) is 2.22. The predicted octanol–water partition coefficient (Wildman–Crippen LogP) is 3.71. The molecule has 0 saturated heterocycles. The van der Waals surface area contributed by atoms with E-state index in [2.05, 4.69) is 57.5 Å². The zero-order chi connectivity index (χ0) is 12.1. The molecule has 1 rings (SSSR count). The van der Waals surface area contributed by atoms with Crippen LogP contribution in [0.3, 0.4) is 0 Å². The van der Waals surface area contributed by atoms with Crippen LogP contribution in [0, 0.1) is 13.8 Å². The van der Waals surface area contributed by atoms with E-state index in [-0.39, 0.29) is 0 Å². The molecule has 1 aromatic rings. The SMILES string of the molecule is CSCC(C)NC(C)c1ccc(C)c(C)c1. The van der Waals surface area contributed by atoms with Crippen LogP contribution in [-0.2, 0) is 0 Å². The Kier molecular flexibility index (Phi) is 5.36. The lowest BCUT2D eigenvalue weighted by atomic mass is 10.0. The van der Waals surface area contributed by atoms with Gasteiger partial charge >= 0.3 is 0 Å². The molecule has 0 radical (unpaired) electrons. The summed E-state index contributed by atoms with van der Waals surface area (Å²) in [7, 11) is 0. The molecule has 0 fully saturated rings. The molecule has 1 N–H and O–H groups in total. The Balaban J connectivity index is 2.65. The van der Waals surface area contributed by atoms with Gasteiger partial charge in [0.15, 0.2) is 0 Å². The predicted molar refractivity (Wildman–Crippen MR) is 75.3 cm³/mol. The highest BCUT2D eigenvalue weighted by atomic mass is 32.2. The normalized spacial score (nSPS) is 14.8.